The summed E-state index contributed by atoms with van der Waals surface area (Å²) in [6.45, 7) is 3.73. The lowest BCUT2D eigenvalue weighted by Gasteiger charge is -2.24. The molecular formula is C18H21F3N2O2S. The van der Waals surface area contributed by atoms with Crippen molar-refractivity contribution >= 4 is 15.7 Å². The van der Waals surface area contributed by atoms with Crippen LogP contribution in [0.1, 0.15) is 31.4 Å². The second kappa shape index (κ2) is 7.26. The molecule has 0 radical (unpaired) electrons. The first kappa shape index (κ1) is 20.2. The summed E-state index contributed by atoms with van der Waals surface area (Å²) in [5, 5.41) is 0. The number of alkyl halides is 3. The van der Waals surface area contributed by atoms with E-state index < -0.39 is 21.6 Å². The summed E-state index contributed by atoms with van der Waals surface area (Å²) < 4.78 is 63.7. The van der Waals surface area contributed by atoms with E-state index in [9.17, 15) is 21.6 Å². The number of aliphatic imine (C=N–C) groups is 1. The van der Waals surface area contributed by atoms with Crippen molar-refractivity contribution in [2.24, 2.45) is 4.99 Å². The van der Waals surface area contributed by atoms with E-state index in [1.807, 2.05) is 19.1 Å². The normalized spacial score (nSPS) is 18.7. The standard InChI is InChI=1S/C18H21F3N2O2S/c1-5-6-13-9-12(2)23(17(13)22-3)11-14-7-8-15(26(4,24)25)10-16(14)18(19,20)21/h6-10H,5,11H2,1-4H3/b13-6-,22-17?. The molecule has 1 aliphatic rings. The number of amidine groups is 1. The van der Waals surface area contributed by atoms with Crippen LogP contribution in [0.3, 0.4) is 0 Å². The molecule has 0 N–H and O–H groups in total. The van der Waals surface area contributed by atoms with Gasteiger partial charge < -0.3 is 4.90 Å². The zero-order chi connectivity index (χ0) is 19.7. The Balaban J connectivity index is 2.50. The van der Waals surface area contributed by atoms with Crippen molar-refractivity contribution in [2.75, 3.05) is 13.3 Å². The molecule has 0 fully saturated rings. The Morgan fingerprint density at radius 3 is 2.42 bits per heavy atom. The van der Waals surface area contributed by atoms with Crippen LogP contribution in [0.15, 0.2) is 51.5 Å². The summed E-state index contributed by atoms with van der Waals surface area (Å²) in [5.74, 6) is 0.602. The van der Waals surface area contributed by atoms with Crippen LogP contribution in [-0.2, 0) is 22.6 Å². The van der Waals surface area contributed by atoms with Gasteiger partial charge in [-0.15, -0.1) is 0 Å². The number of allylic oxidation sites excluding steroid dienone is 2. The summed E-state index contributed by atoms with van der Waals surface area (Å²) in [6, 6.07) is 3.13. The summed E-state index contributed by atoms with van der Waals surface area (Å²) in [6.07, 6.45) is 0.855. The van der Waals surface area contributed by atoms with Crippen molar-refractivity contribution in [1.29, 1.82) is 0 Å². The first-order valence-corrected chi connectivity index (χ1v) is 9.91. The van der Waals surface area contributed by atoms with Crippen LogP contribution < -0.4 is 0 Å². The maximum atomic E-state index is 13.5. The molecule has 8 heteroatoms. The molecule has 0 bridgehead atoms. The summed E-state index contributed by atoms with van der Waals surface area (Å²) >= 11 is 0. The van der Waals surface area contributed by atoms with E-state index in [0.717, 1.165) is 23.9 Å². The summed E-state index contributed by atoms with van der Waals surface area (Å²) in [7, 11) is -2.14. The van der Waals surface area contributed by atoms with Gasteiger partial charge in [0.2, 0.25) is 0 Å². The molecule has 0 aromatic heterocycles. The van der Waals surface area contributed by atoms with E-state index in [1.165, 1.54) is 12.1 Å². The van der Waals surface area contributed by atoms with Gasteiger partial charge >= 0.3 is 6.18 Å². The molecule has 142 valence electrons. The highest BCUT2D eigenvalue weighted by Crippen LogP contribution is 2.35. The number of hydrogen-bond acceptors (Lipinski definition) is 3. The molecule has 0 saturated heterocycles. The Hall–Kier alpha value is -2.09. The van der Waals surface area contributed by atoms with Crippen LogP contribution in [0.4, 0.5) is 13.2 Å². The molecule has 1 aromatic rings. The molecule has 0 spiro atoms. The van der Waals surface area contributed by atoms with Crippen LogP contribution in [-0.4, -0.2) is 32.5 Å². The monoisotopic (exact) mass is 386 g/mol. The van der Waals surface area contributed by atoms with Gasteiger partial charge in [0.15, 0.2) is 9.84 Å². The number of nitrogens with zero attached hydrogens (tertiary/aromatic N) is 2. The minimum atomic E-state index is -4.65. The van der Waals surface area contributed by atoms with Gasteiger partial charge in [-0.25, -0.2) is 8.42 Å². The lowest BCUT2D eigenvalue weighted by Crippen LogP contribution is -2.26. The Bertz CT molecular complexity index is 898. The molecular weight excluding hydrogens is 365 g/mol. The Kier molecular flexibility index (Phi) is 5.65. The molecule has 1 heterocycles. The van der Waals surface area contributed by atoms with Crippen LogP contribution in [0.25, 0.3) is 0 Å². The van der Waals surface area contributed by atoms with Gasteiger partial charge in [-0.2, -0.15) is 13.2 Å². The average molecular weight is 386 g/mol. The topological polar surface area (TPSA) is 49.7 Å². The zero-order valence-electron chi connectivity index (χ0n) is 15.1. The second-order valence-electron chi connectivity index (χ2n) is 6.08. The SMILES string of the molecule is CC/C=C1/C=C(C)N(Cc2ccc(S(C)(=O)=O)cc2C(F)(F)F)C1=NC. The van der Waals surface area contributed by atoms with Gasteiger partial charge in [-0.3, -0.25) is 4.99 Å². The fourth-order valence-electron chi connectivity index (χ4n) is 2.87. The van der Waals surface area contributed by atoms with Crippen molar-refractivity contribution in [1.82, 2.24) is 4.90 Å². The van der Waals surface area contributed by atoms with Crippen LogP contribution in [0.5, 0.6) is 0 Å². The number of sulfone groups is 1. The minimum Gasteiger partial charge on any atom is -0.326 e. The molecule has 0 unspecified atom stereocenters. The van der Waals surface area contributed by atoms with E-state index in [-0.39, 0.29) is 17.0 Å². The van der Waals surface area contributed by atoms with Gasteiger partial charge in [0.1, 0.15) is 5.84 Å². The number of rotatable bonds is 4. The third-order valence-corrected chi connectivity index (χ3v) is 5.19. The van der Waals surface area contributed by atoms with Crippen LogP contribution in [0.2, 0.25) is 0 Å². The number of halogens is 3. The van der Waals surface area contributed by atoms with E-state index in [1.54, 1.807) is 18.9 Å². The van der Waals surface area contributed by atoms with Crippen molar-refractivity contribution in [3.05, 3.63) is 52.7 Å². The predicted molar refractivity (Wildman–Crippen MR) is 95.6 cm³/mol. The van der Waals surface area contributed by atoms with Gasteiger partial charge in [-0.1, -0.05) is 19.1 Å². The van der Waals surface area contributed by atoms with E-state index in [4.69, 9.17) is 0 Å². The lowest BCUT2D eigenvalue weighted by atomic mass is 10.1. The number of hydrogen-bond donors (Lipinski definition) is 0. The van der Waals surface area contributed by atoms with E-state index >= 15 is 0 Å². The Morgan fingerprint density at radius 2 is 1.92 bits per heavy atom. The van der Waals surface area contributed by atoms with Gasteiger partial charge in [0.25, 0.3) is 0 Å². The van der Waals surface area contributed by atoms with E-state index in [0.29, 0.717) is 11.9 Å². The van der Waals surface area contributed by atoms with Crippen LogP contribution in [0, 0.1) is 0 Å². The fourth-order valence-corrected chi connectivity index (χ4v) is 3.52. The first-order valence-electron chi connectivity index (χ1n) is 8.02. The molecule has 0 amide bonds. The molecule has 0 saturated carbocycles. The quantitative estimate of drug-likeness (QED) is 0.780. The maximum absolute atomic E-state index is 13.5. The van der Waals surface area contributed by atoms with Gasteiger partial charge in [0.05, 0.1) is 10.5 Å². The van der Waals surface area contributed by atoms with Gasteiger partial charge in [0, 0.05) is 31.1 Å². The first-order chi connectivity index (χ1) is 12.0. The smallest absolute Gasteiger partial charge is 0.326 e. The van der Waals surface area contributed by atoms with Crippen LogP contribution >= 0.6 is 0 Å². The molecule has 1 aromatic carbocycles. The highest BCUT2D eigenvalue weighted by atomic mass is 32.2. The van der Waals surface area contributed by atoms with Crippen molar-refractivity contribution in [2.45, 2.75) is 37.9 Å². The predicted octanol–water partition coefficient (Wildman–Crippen LogP) is 4.19. The molecule has 4 nitrogen and oxygen atoms in total. The third-order valence-electron chi connectivity index (χ3n) is 4.08. The van der Waals surface area contributed by atoms with Crippen molar-refractivity contribution < 1.29 is 21.6 Å². The highest BCUT2D eigenvalue weighted by molar-refractivity contribution is 7.90. The maximum Gasteiger partial charge on any atom is 0.416 e. The molecule has 26 heavy (non-hydrogen) atoms. The Labute approximate surface area is 151 Å². The summed E-state index contributed by atoms with van der Waals surface area (Å²) in [5.41, 5.74) is 0.701. The molecule has 1 aliphatic heterocycles. The Morgan fingerprint density at radius 1 is 1.27 bits per heavy atom. The fraction of sp³-hybridized carbons (Fsp3) is 0.389. The summed E-state index contributed by atoms with van der Waals surface area (Å²) in [4.78, 5) is 5.56. The highest BCUT2D eigenvalue weighted by Gasteiger charge is 2.35. The number of benzene rings is 1. The molecule has 0 atom stereocenters. The average Bonchev–Trinajstić information content (AvgIpc) is 2.81. The minimum absolute atomic E-state index is 0.00320. The van der Waals surface area contributed by atoms with Crippen molar-refractivity contribution in [3.63, 3.8) is 0 Å². The lowest BCUT2D eigenvalue weighted by molar-refractivity contribution is -0.138. The zero-order valence-corrected chi connectivity index (χ0v) is 15.9. The van der Waals surface area contributed by atoms with Crippen molar-refractivity contribution in [3.8, 4) is 0 Å². The van der Waals surface area contributed by atoms with E-state index in [2.05, 4.69) is 4.99 Å². The second-order valence-corrected chi connectivity index (χ2v) is 8.09. The van der Waals surface area contributed by atoms with Gasteiger partial charge in [-0.05, 0) is 37.1 Å². The largest absolute Gasteiger partial charge is 0.416 e. The third kappa shape index (κ3) is 4.17. The molecule has 0 aliphatic carbocycles. The molecule has 2 rings (SSSR count).